The van der Waals surface area contributed by atoms with Gasteiger partial charge >= 0.3 is 12.6 Å². The maximum absolute atomic E-state index is 12.6. The van der Waals surface area contributed by atoms with Gasteiger partial charge in [-0.25, -0.2) is 0 Å². The Morgan fingerprint density at radius 3 is 2.30 bits per heavy atom. The Bertz CT molecular complexity index is 1140. The van der Waals surface area contributed by atoms with Crippen LogP contribution in [0.25, 0.3) is 5.69 Å². The number of nitrogens with zero attached hydrogens (tertiary/aromatic N) is 1. The normalized spacial score (nSPS) is 10.7. The maximum Gasteiger partial charge on any atom is 0.387 e. The zero-order valence-electron chi connectivity index (χ0n) is 18.0. The molecule has 0 aliphatic heterocycles. The van der Waals surface area contributed by atoms with Gasteiger partial charge in [0.2, 0.25) is 5.78 Å². The molecule has 1 amide bonds. The molecule has 0 fully saturated rings. The number of hydrogen-bond donors (Lipinski definition) is 1. The largest absolute Gasteiger partial charge is 0.456 e. The summed E-state index contributed by atoms with van der Waals surface area (Å²) in [4.78, 5) is 36.5. The molecule has 9 heteroatoms. The zero-order valence-corrected chi connectivity index (χ0v) is 18.0. The van der Waals surface area contributed by atoms with Crippen LogP contribution in [0.4, 0.5) is 8.78 Å². The third kappa shape index (κ3) is 6.03. The molecular weight excluding hydrogens is 434 g/mol. The fourth-order valence-electron chi connectivity index (χ4n) is 3.34. The zero-order chi connectivity index (χ0) is 24.0. The van der Waals surface area contributed by atoms with E-state index in [1.807, 2.05) is 0 Å². The lowest BCUT2D eigenvalue weighted by Crippen LogP contribution is -2.31. The van der Waals surface area contributed by atoms with E-state index in [2.05, 4.69) is 10.1 Å². The molecule has 0 atom stereocenters. The summed E-state index contributed by atoms with van der Waals surface area (Å²) in [6.07, 6.45) is 0. The van der Waals surface area contributed by atoms with Crippen LogP contribution in [0.1, 0.15) is 32.1 Å². The van der Waals surface area contributed by atoms with Crippen LogP contribution in [0.5, 0.6) is 5.75 Å². The minimum absolute atomic E-state index is 0.0266. The first-order valence-corrected chi connectivity index (χ1v) is 10.0. The van der Waals surface area contributed by atoms with Crippen molar-refractivity contribution >= 4 is 17.7 Å². The molecule has 33 heavy (non-hydrogen) atoms. The van der Waals surface area contributed by atoms with Crippen molar-refractivity contribution in [3.8, 4) is 11.4 Å². The molecule has 0 bridgehead atoms. The van der Waals surface area contributed by atoms with Crippen molar-refractivity contribution in [2.24, 2.45) is 0 Å². The molecule has 0 saturated heterocycles. The highest BCUT2D eigenvalue weighted by Crippen LogP contribution is 2.24. The topological polar surface area (TPSA) is 86.6 Å². The predicted molar refractivity (Wildman–Crippen MR) is 116 cm³/mol. The number of benzene rings is 2. The van der Waals surface area contributed by atoms with E-state index in [4.69, 9.17) is 4.74 Å². The molecule has 3 aromatic rings. The van der Waals surface area contributed by atoms with Crippen molar-refractivity contribution in [2.75, 3.05) is 13.2 Å². The number of Topliss-reactive ketones (excluding diaryl/α,β-unsaturated/α-hetero) is 1. The molecule has 0 aliphatic carbocycles. The Kier molecular flexibility index (Phi) is 7.55. The number of nitrogens with one attached hydrogen (secondary N) is 1. The monoisotopic (exact) mass is 456 g/mol. The van der Waals surface area contributed by atoms with Crippen molar-refractivity contribution in [1.82, 2.24) is 9.88 Å². The second-order valence-corrected chi connectivity index (χ2v) is 7.13. The summed E-state index contributed by atoms with van der Waals surface area (Å²) in [5.41, 5.74) is 2.77. The third-order valence-electron chi connectivity index (χ3n) is 4.85. The van der Waals surface area contributed by atoms with Crippen LogP contribution in [-0.2, 0) is 9.53 Å². The fraction of sp³-hybridized carbons (Fsp3) is 0.208. The summed E-state index contributed by atoms with van der Waals surface area (Å²) in [5, 5.41) is 2.44. The number of aromatic nitrogens is 1. The number of carbonyl (C=O) groups is 3. The second-order valence-electron chi connectivity index (χ2n) is 7.13. The summed E-state index contributed by atoms with van der Waals surface area (Å²) in [7, 11) is 0. The highest BCUT2D eigenvalue weighted by Gasteiger charge is 2.19. The number of amides is 1. The molecule has 0 radical (unpaired) electrons. The highest BCUT2D eigenvalue weighted by molar-refractivity contribution is 6.00. The van der Waals surface area contributed by atoms with E-state index in [0.29, 0.717) is 22.5 Å². The van der Waals surface area contributed by atoms with Gasteiger partial charge in [0.05, 0.1) is 0 Å². The van der Waals surface area contributed by atoms with Crippen LogP contribution in [0.2, 0.25) is 0 Å². The molecule has 7 nitrogen and oxygen atoms in total. The van der Waals surface area contributed by atoms with E-state index in [1.54, 1.807) is 66.9 Å². The van der Waals surface area contributed by atoms with Crippen LogP contribution in [0.15, 0.2) is 60.7 Å². The van der Waals surface area contributed by atoms with Crippen molar-refractivity contribution < 1.29 is 32.6 Å². The Hall–Kier alpha value is -4.01. The average Bonchev–Trinajstić information content (AvgIpc) is 3.10. The first-order chi connectivity index (χ1) is 15.8. The molecule has 1 aromatic heterocycles. The summed E-state index contributed by atoms with van der Waals surface area (Å²) in [6.45, 7) is -0.243. The fourth-order valence-corrected chi connectivity index (χ4v) is 3.34. The summed E-state index contributed by atoms with van der Waals surface area (Å²) in [5.74, 6) is -1.54. The number of alkyl halides is 2. The maximum atomic E-state index is 12.6. The van der Waals surface area contributed by atoms with E-state index in [9.17, 15) is 23.2 Å². The first-order valence-electron chi connectivity index (χ1n) is 10.0. The van der Waals surface area contributed by atoms with Gasteiger partial charge in [0.25, 0.3) is 5.91 Å². The van der Waals surface area contributed by atoms with Gasteiger partial charge in [0, 0.05) is 28.2 Å². The summed E-state index contributed by atoms with van der Waals surface area (Å²) < 4.78 is 35.8. The number of ether oxygens (including phenoxy) is 2. The molecule has 0 spiro atoms. The van der Waals surface area contributed by atoms with Gasteiger partial charge in [-0.2, -0.15) is 8.78 Å². The number of hydrogen-bond acceptors (Lipinski definition) is 5. The van der Waals surface area contributed by atoms with Gasteiger partial charge in [0.15, 0.2) is 6.61 Å². The van der Waals surface area contributed by atoms with E-state index < -0.39 is 30.9 Å². The van der Waals surface area contributed by atoms with Crippen LogP contribution < -0.4 is 10.1 Å². The number of aryl methyl sites for hydroxylation is 1. The smallest absolute Gasteiger partial charge is 0.387 e. The number of halogens is 2. The lowest BCUT2D eigenvalue weighted by molar-refractivity contribution is -0.141. The molecule has 1 heterocycles. The Labute approximate surface area is 188 Å². The van der Waals surface area contributed by atoms with Crippen molar-refractivity contribution in [3.63, 3.8) is 0 Å². The van der Waals surface area contributed by atoms with Gasteiger partial charge < -0.3 is 19.4 Å². The Morgan fingerprint density at radius 1 is 1.00 bits per heavy atom. The number of esters is 1. The summed E-state index contributed by atoms with van der Waals surface area (Å²) >= 11 is 0. The Morgan fingerprint density at radius 2 is 1.67 bits per heavy atom. The number of rotatable bonds is 9. The Balaban J connectivity index is 1.59. The van der Waals surface area contributed by atoms with Gasteiger partial charge in [-0.05, 0) is 56.3 Å². The van der Waals surface area contributed by atoms with Gasteiger partial charge in [0.1, 0.15) is 12.3 Å². The van der Waals surface area contributed by atoms with Gasteiger partial charge in [-0.15, -0.1) is 0 Å². The van der Waals surface area contributed by atoms with Crippen LogP contribution in [0, 0.1) is 13.8 Å². The standard InChI is InChI=1S/C24H22F2N2O5/c1-15-12-20(16(2)28(15)18-8-10-19(11-9-18)33-24(25)26)21(29)14-32-22(30)13-27-23(31)17-6-4-3-5-7-17/h3-12,24H,13-14H2,1-2H3,(H,27,31). The van der Waals surface area contributed by atoms with E-state index >= 15 is 0 Å². The average molecular weight is 456 g/mol. The van der Waals surface area contributed by atoms with E-state index in [1.165, 1.54) is 12.1 Å². The lowest BCUT2D eigenvalue weighted by Gasteiger charge is -2.11. The molecule has 1 N–H and O–H groups in total. The van der Waals surface area contributed by atoms with Crippen molar-refractivity contribution in [1.29, 1.82) is 0 Å². The lowest BCUT2D eigenvalue weighted by atomic mass is 10.1. The van der Waals surface area contributed by atoms with Gasteiger partial charge in [-0.3, -0.25) is 14.4 Å². The van der Waals surface area contributed by atoms with Gasteiger partial charge in [-0.1, -0.05) is 18.2 Å². The summed E-state index contributed by atoms with van der Waals surface area (Å²) in [6, 6.07) is 16.1. The molecule has 172 valence electrons. The number of carbonyl (C=O) groups excluding carboxylic acids is 3. The molecule has 2 aromatic carbocycles. The van der Waals surface area contributed by atoms with Crippen LogP contribution >= 0.6 is 0 Å². The minimum atomic E-state index is -2.91. The molecule has 0 unspecified atom stereocenters. The molecular formula is C24H22F2N2O5. The first kappa shape index (κ1) is 23.6. The van der Waals surface area contributed by atoms with E-state index in [-0.39, 0.29) is 12.3 Å². The molecule has 0 aliphatic rings. The van der Waals surface area contributed by atoms with Crippen molar-refractivity contribution in [2.45, 2.75) is 20.5 Å². The predicted octanol–water partition coefficient (Wildman–Crippen LogP) is 3.85. The second kappa shape index (κ2) is 10.5. The number of ketones is 1. The highest BCUT2D eigenvalue weighted by atomic mass is 19.3. The quantitative estimate of drug-likeness (QED) is 0.391. The van der Waals surface area contributed by atoms with E-state index in [0.717, 1.165) is 5.69 Å². The SMILES string of the molecule is Cc1cc(C(=O)COC(=O)CNC(=O)c2ccccc2)c(C)n1-c1ccc(OC(F)F)cc1. The molecule has 0 saturated carbocycles. The van der Waals surface area contributed by atoms with Crippen LogP contribution in [-0.4, -0.2) is 42.0 Å². The third-order valence-corrected chi connectivity index (χ3v) is 4.85. The minimum Gasteiger partial charge on any atom is -0.456 e. The van der Waals surface area contributed by atoms with Crippen molar-refractivity contribution in [3.05, 3.63) is 83.2 Å². The van der Waals surface area contributed by atoms with Crippen LogP contribution in [0.3, 0.4) is 0 Å². The molecule has 3 rings (SSSR count).